The highest BCUT2D eigenvalue weighted by Crippen LogP contribution is 2.55. The van der Waals surface area contributed by atoms with Crippen LogP contribution < -0.4 is 10.6 Å². The van der Waals surface area contributed by atoms with Crippen molar-refractivity contribution in [2.75, 3.05) is 5.32 Å². The molecular weight excluding hydrogens is 537 g/mol. The molecule has 0 radical (unpaired) electrons. The predicted octanol–water partition coefficient (Wildman–Crippen LogP) is 5.04. The van der Waals surface area contributed by atoms with Crippen LogP contribution in [0.2, 0.25) is 10.0 Å². The summed E-state index contributed by atoms with van der Waals surface area (Å²) in [7, 11) is 0. The number of hydrogen-bond donors (Lipinski definition) is 2. The SMILES string of the molecule is Cc1ccc(NC(=O)C2[C@@H]3C=CC4(O3)C(C(=O)NC3CCCCC3)N(Cc3ccccc3Cl)C(=O)[C@H]24)cc1Cl. The average Bonchev–Trinajstić information content (AvgIpc) is 3.56. The Balaban J connectivity index is 1.33. The lowest BCUT2D eigenvalue weighted by molar-refractivity contribution is -0.142. The Kier molecular flexibility index (Phi) is 6.94. The summed E-state index contributed by atoms with van der Waals surface area (Å²) in [6.45, 7) is 2.03. The highest BCUT2D eigenvalue weighted by atomic mass is 35.5. The summed E-state index contributed by atoms with van der Waals surface area (Å²) in [6.07, 6.45) is 8.15. The number of ether oxygens (including phenoxy) is 1. The first-order chi connectivity index (χ1) is 18.8. The number of nitrogens with one attached hydrogen (secondary N) is 2. The van der Waals surface area contributed by atoms with E-state index in [0.29, 0.717) is 15.7 Å². The van der Waals surface area contributed by atoms with Gasteiger partial charge in [-0.05, 0) is 49.1 Å². The van der Waals surface area contributed by atoms with Crippen molar-refractivity contribution < 1.29 is 19.1 Å². The normalized spacial score (nSPS) is 29.5. The van der Waals surface area contributed by atoms with Crippen molar-refractivity contribution in [3.8, 4) is 0 Å². The van der Waals surface area contributed by atoms with Gasteiger partial charge in [0.2, 0.25) is 17.7 Å². The third-order valence-electron chi connectivity index (χ3n) is 8.61. The summed E-state index contributed by atoms with van der Waals surface area (Å²) in [6, 6.07) is 11.7. The van der Waals surface area contributed by atoms with Gasteiger partial charge < -0.3 is 20.3 Å². The summed E-state index contributed by atoms with van der Waals surface area (Å²) >= 11 is 12.7. The first-order valence-corrected chi connectivity index (χ1v) is 14.3. The Morgan fingerprint density at radius 1 is 1.05 bits per heavy atom. The first-order valence-electron chi connectivity index (χ1n) is 13.6. The Hall–Kier alpha value is -2.87. The number of likely N-dealkylation sites (tertiary alicyclic amines) is 1. The second-order valence-electron chi connectivity index (χ2n) is 11.1. The molecule has 1 spiro atoms. The van der Waals surface area contributed by atoms with Crippen LogP contribution in [0.4, 0.5) is 5.69 Å². The van der Waals surface area contributed by atoms with E-state index in [1.54, 1.807) is 23.1 Å². The molecule has 2 aromatic carbocycles. The fraction of sp³-hybridized carbons (Fsp3) is 0.433. The Labute approximate surface area is 237 Å². The molecule has 1 saturated carbocycles. The minimum atomic E-state index is -1.23. The summed E-state index contributed by atoms with van der Waals surface area (Å²) in [5, 5.41) is 7.17. The summed E-state index contributed by atoms with van der Waals surface area (Å²) in [4.78, 5) is 43.3. The Bertz CT molecular complexity index is 1360. The highest BCUT2D eigenvalue weighted by Gasteiger charge is 2.72. The van der Waals surface area contributed by atoms with Gasteiger partial charge >= 0.3 is 0 Å². The quantitative estimate of drug-likeness (QED) is 0.478. The number of aryl methyl sites for hydroxylation is 1. The molecule has 5 atom stereocenters. The standard InChI is InChI=1S/C30H31Cl2N3O4/c1-17-11-12-20(15-22(17)32)34-27(36)24-23-13-14-30(39-23)25(24)29(38)35(16-18-7-5-6-10-21(18)31)26(30)28(37)33-19-8-3-2-4-9-19/h5-7,10-15,19,23-26H,2-4,8-9,16H2,1H3,(H,33,37)(H,34,36)/t23-,24?,25-,26?,30?/m0/s1. The van der Waals surface area contributed by atoms with Crippen LogP contribution in [-0.2, 0) is 25.7 Å². The van der Waals surface area contributed by atoms with E-state index >= 15 is 0 Å². The lowest BCUT2D eigenvalue weighted by Gasteiger charge is -2.34. The molecule has 6 rings (SSSR count). The highest BCUT2D eigenvalue weighted by molar-refractivity contribution is 6.31. The summed E-state index contributed by atoms with van der Waals surface area (Å²) < 4.78 is 6.44. The van der Waals surface area contributed by atoms with Crippen molar-refractivity contribution in [1.82, 2.24) is 10.2 Å². The van der Waals surface area contributed by atoms with E-state index in [2.05, 4.69) is 10.6 Å². The largest absolute Gasteiger partial charge is 0.359 e. The molecule has 3 aliphatic heterocycles. The number of anilines is 1. The maximum Gasteiger partial charge on any atom is 0.246 e. The molecule has 2 aromatic rings. The number of fused-ring (bicyclic) bond motifs is 1. The van der Waals surface area contributed by atoms with E-state index in [0.717, 1.165) is 43.2 Å². The zero-order valence-electron chi connectivity index (χ0n) is 21.7. The number of halogens is 2. The van der Waals surface area contributed by atoms with Gasteiger partial charge in [-0.3, -0.25) is 14.4 Å². The average molecular weight is 569 g/mol. The fourth-order valence-electron chi connectivity index (χ4n) is 6.67. The smallest absolute Gasteiger partial charge is 0.246 e. The zero-order chi connectivity index (χ0) is 27.3. The monoisotopic (exact) mass is 567 g/mol. The van der Waals surface area contributed by atoms with Crippen LogP contribution in [0.3, 0.4) is 0 Å². The van der Waals surface area contributed by atoms with Gasteiger partial charge in [0.1, 0.15) is 11.6 Å². The van der Waals surface area contributed by atoms with Gasteiger partial charge in [0.05, 0.1) is 17.9 Å². The van der Waals surface area contributed by atoms with Crippen molar-refractivity contribution in [3.05, 3.63) is 75.8 Å². The van der Waals surface area contributed by atoms with Gasteiger partial charge in [-0.25, -0.2) is 0 Å². The van der Waals surface area contributed by atoms with E-state index in [1.807, 2.05) is 43.3 Å². The van der Waals surface area contributed by atoms with E-state index in [4.69, 9.17) is 27.9 Å². The second-order valence-corrected chi connectivity index (χ2v) is 11.9. The number of carbonyl (C=O) groups is 3. The molecular formula is C30H31Cl2N3O4. The van der Waals surface area contributed by atoms with Crippen molar-refractivity contribution >= 4 is 46.6 Å². The zero-order valence-corrected chi connectivity index (χ0v) is 23.2. The second kappa shape index (κ2) is 10.3. The number of benzene rings is 2. The lowest BCUT2D eigenvalue weighted by Crippen LogP contribution is -2.56. The van der Waals surface area contributed by atoms with Crippen LogP contribution >= 0.6 is 23.2 Å². The summed E-state index contributed by atoms with van der Waals surface area (Å²) in [5.41, 5.74) is 0.941. The van der Waals surface area contributed by atoms with Gasteiger partial charge in [-0.1, -0.05) is 78.9 Å². The van der Waals surface area contributed by atoms with Crippen LogP contribution in [0.1, 0.15) is 43.2 Å². The molecule has 3 heterocycles. The molecule has 4 aliphatic rings. The third kappa shape index (κ3) is 4.54. The number of hydrogen-bond acceptors (Lipinski definition) is 4. The predicted molar refractivity (Wildman–Crippen MR) is 149 cm³/mol. The minimum Gasteiger partial charge on any atom is -0.359 e. The van der Waals surface area contributed by atoms with Crippen LogP contribution in [-0.4, -0.2) is 46.4 Å². The molecule has 3 unspecified atom stereocenters. The molecule has 9 heteroatoms. The molecule has 39 heavy (non-hydrogen) atoms. The summed E-state index contributed by atoms with van der Waals surface area (Å²) in [5.74, 6) is -2.49. The topological polar surface area (TPSA) is 87.7 Å². The van der Waals surface area contributed by atoms with Crippen LogP contribution in [0.25, 0.3) is 0 Å². The molecule has 7 nitrogen and oxygen atoms in total. The van der Waals surface area contributed by atoms with Crippen LogP contribution in [0.15, 0.2) is 54.6 Å². The molecule has 2 saturated heterocycles. The van der Waals surface area contributed by atoms with E-state index in [1.165, 1.54) is 0 Å². The molecule has 0 aromatic heterocycles. The van der Waals surface area contributed by atoms with E-state index < -0.39 is 29.6 Å². The molecule has 204 valence electrons. The van der Waals surface area contributed by atoms with Gasteiger partial charge in [0, 0.05) is 28.3 Å². The Morgan fingerprint density at radius 3 is 2.56 bits per heavy atom. The Morgan fingerprint density at radius 2 is 1.82 bits per heavy atom. The number of rotatable bonds is 6. The van der Waals surface area contributed by atoms with Gasteiger partial charge in [0.15, 0.2) is 0 Å². The van der Waals surface area contributed by atoms with Crippen molar-refractivity contribution in [2.24, 2.45) is 11.8 Å². The van der Waals surface area contributed by atoms with Gasteiger partial charge in [0.25, 0.3) is 0 Å². The number of amides is 3. The molecule has 3 amide bonds. The van der Waals surface area contributed by atoms with Crippen molar-refractivity contribution in [3.63, 3.8) is 0 Å². The van der Waals surface area contributed by atoms with Crippen molar-refractivity contribution in [1.29, 1.82) is 0 Å². The molecule has 2 bridgehead atoms. The number of nitrogens with zero attached hydrogens (tertiary/aromatic N) is 1. The first kappa shape index (κ1) is 26.4. The van der Waals surface area contributed by atoms with Gasteiger partial charge in [-0.2, -0.15) is 0 Å². The fourth-order valence-corrected chi connectivity index (χ4v) is 7.05. The molecule has 2 N–H and O–H groups in total. The van der Waals surface area contributed by atoms with Crippen LogP contribution in [0.5, 0.6) is 0 Å². The van der Waals surface area contributed by atoms with E-state index in [9.17, 15) is 14.4 Å². The molecule has 1 aliphatic carbocycles. The minimum absolute atomic E-state index is 0.0620. The maximum atomic E-state index is 14.1. The van der Waals surface area contributed by atoms with Gasteiger partial charge in [-0.15, -0.1) is 0 Å². The number of carbonyl (C=O) groups excluding carboxylic acids is 3. The maximum absolute atomic E-state index is 14.1. The lowest BCUT2D eigenvalue weighted by atomic mass is 9.74. The van der Waals surface area contributed by atoms with Crippen LogP contribution in [0, 0.1) is 18.8 Å². The third-order valence-corrected chi connectivity index (χ3v) is 9.39. The molecule has 3 fully saturated rings. The van der Waals surface area contributed by atoms with E-state index in [-0.39, 0.29) is 30.3 Å². The van der Waals surface area contributed by atoms with Crippen molar-refractivity contribution in [2.45, 2.75) is 69.4 Å².